The largest absolute Gasteiger partial charge is 0.492 e. The lowest BCUT2D eigenvalue weighted by molar-refractivity contribution is -0.142. The zero-order valence-corrected chi connectivity index (χ0v) is 28.6. The van der Waals surface area contributed by atoms with Crippen LogP contribution in [0.3, 0.4) is 0 Å². The molecule has 2 fully saturated rings. The van der Waals surface area contributed by atoms with Crippen molar-refractivity contribution in [3.05, 3.63) is 51.3 Å². The van der Waals surface area contributed by atoms with Gasteiger partial charge in [0.2, 0.25) is 17.7 Å². The number of aliphatic hydroxyl groups excluding tert-OH is 1. The number of carbonyl (C=O) groups excluding carboxylic acids is 4. The van der Waals surface area contributed by atoms with E-state index in [1.807, 2.05) is 19.1 Å². The zero-order valence-electron chi connectivity index (χ0n) is 27.8. The molecule has 2 saturated heterocycles. The molecule has 0 saturated carbocycles. The first-order valence-electron chi connectivity index (χ1n) is 16.8. The van der Waals surface area contributed by atoms with Gasteiger partial charge in [-0.25, -0.2) is 4.98 Å². The van der Waals surface area contributed by atoms with Crippen molar-refractivity contribution in [3.8, 4) is 5.75 Å². The molecule has 0 aliphatic carbocycles. The van der Waals surface area contributed by atoms with Crippen LogP contribution in [0.1, 0.15) is 73.8 Å². The molecule has 3 aliphatic rings. The van der Waals surface area contributed by atoms with Crippen molar-refractivity contribution < 1.29 is 33.5 Å². The Labute approximate surface area is 287 Å². The maximum absolute atomic E-state index is 13.1. The number of carbonyl (C=O) groups is 4. The Morgan fingerprint density at radius 1 is 1.14 bits per heavy atom. The van der Waals surface area contributed by atoms with Gasteiger partial charge in [0, 0.05) is 48.1 Å². The number of thioether (sulfide) groups is 1. The van der Waals surface area contributed by atoms with Crippen LogP contribution < -0.4 is 15.6 Å². The number of aryl methyl sites for hydroxylation is 1. The third-order valence-corrected chi connectivity index (χ3v) is 10.8. The van der Waals surface area contributed by atoms with Crippen molar-refractivity contribution >= 4 is 46.2 Å². The third-order valence-electron chi connectivity index (χ3n) is 9.46. The molecule has 3 aliphatic heterocycles. The number of ketones is 1. The first-order valence-corrected chi connectivity index (χ1v) is 17.9. The Morgan fingerprint density at radius 3 is 2.71 bits per heavy atom. The Bertz CT molecular complexity index is 1800. The first-order chi connectivity index (χ1) is 23.6. The number of rotatable bonds is 13. The maximum Gasteiger partial charge on any atom is 0.257 e. The number of ether oxygens (including phenoxy) is 1. The van der Waals surface area contributed by atoms with Crippen LogP contribution in [0.4, 0.5) is 0 Å². The van der Waals surface area contributed by atoms with Crippen LogP contribution in [0.15, 0.2) is 27.5 Å². The van der Waals surface area contributed by atoms with Gasteiger partial charge in [-0.1, -0.05) is 5.16 Å². The van der Waals surface area contributed by atoms with Gasteiger partial charge >= 0.3 is 0 Å². The number of nitrogens with one attached hydrogen (secondary N) is 1. The third kappa shape index (κ3) is 7.89. The molecule has 0 bridgehead atoms. The SMILES string of the molecule is CC(=O)CSC1CC(=O)N(CC(=O)NCCOc2ccc3c(C4CCN(CCc5c(C)nc6n(c5=O)CCCC6O)CC4)noc3c2)C1=O. The van der Waals surface area contributed by atoms with Crippen molar-refractivity contribution in [2.24, 2.45) is 0 Å². The summed E-state index contributed by atoms with van der Waals surface area (Å²) in [6.45, 7) is 6.39. The summed E-state index contributed by atoms with van der Waals surface area (Å²) in [5.41, 5.74) is 2.95. The molecule has 1 aromatic carbocycles. The van der Waals surface area contributed by atoms with E-state index in [2.05, 4.69) is 20.4 Å². The van der Waals surface area contributed by atoms with Gasteiger partial charge < -0.3 is 24.6 Å². The highest BCUT2D eigenvalue weighted by molar-refractivity contribution is 8.01. The first kappa shape index (κ1) is 34.8. The molecule has 49 heavy (non-hydrogen) atoms. The monoisotopic (exact) mass is 694 g/mol. The fraction of sp³-hybridized carbons (Fsp3) is 0.559. The van der Waals surface area contributed by atoms with Gasteiger partial charge in [0.1, 0.15) is 36.6 Å². The van der Waals surface area contributed by atoms with E-state index in [1.54, 1.807) is 10.6 Å². The van der Waals surface area contributed by atoms with E-state index in [0.717, 1.165) is 72.2 Å². The number of benzene rings is 1. The van der Waals surface area contributed by atoms with Crippen molar-refractivity contribution in [3.63, 3.8) is 0 Å². The van der Waals surface area contributed by atoms with Gasteiger partial charge in [-0.2, -0.15) is 0 Å². The number of Topliss-reactive ketones (excluding diaryl/α,β-unsaturated/α-hetero) is 1. The summed E-state index contributed by atoms with van der Waals surface area (Å²) in [5, 5.41) is 17.6. The molecule has 3 amide bonds. The summed E-state index contributed by atoms with van der Waals surface area (Å²) in [6.07, 6.45) is 3.19. The minimum absolute atomic E-state index is 0.0108. The number of nitrogens with zero attached hydrogens (tertiary/aromatic N) is 5. The van der Waals surface area contributed by atoms with E-state index in [9.17, 15) is 29.1 Å². The molecule has 14 nitrogen and oxygen atoms in total. The number of piperidine rings is 1. The van der Waals surface area contributed by atoms with Crippen LogP contribution in [0.2, 0.25) is 0 Å². The van der Waals surface area contributed by atoms with Crippen LogP contribution in [0, 0.1) is 6.92 Å². The smallest absolute Gasteiger partial charge is 0.257 e. The lowest BCUT2D eigenvalue weighted by atomic mass is 9.91. The number of hydrogen-bond donors (Lipinski definition) is 2. The van der Waals surface area contributed by atoms with Gasteiger partial charge in [0.15, 0.2) is 5.58 Å². The van der Waals surface area contributed by atoms with Gasteiger partial charge in [-0.05, 0) is 71.2 Å². The van der Waals surface area contributed by atoms with Crippen molar-refractivity contribution in [1.29, 1.82) is 0 Å². The number of fused-ring (bicyclic) bond motifs is 2. The molecule has 2 N–H and O–H groups in total. The second kappa shape index (κ2) is 15.2. The van der Waals surface area contributed by atoms with E-state index in [4.69, 9.17) is 9.26 Å². The van der Waals surface area contributed by atoms with Crippen molar-refractivity contribution in [2.45, 2.75) is 76.2 Å². The van der Waals surface area contributed by atoms with Crippen LogP contribution in [-0.2, 0) is 32.1 Å². The maximum atomic E-state index is 13.1. The molecule has 6 rings (SSSR count). The van der Waals surface area contributed by atoms with E-state index in [1.165, 1.54) is 6.92 Å². The Hall–Kier alpha value is -4.08. The van der Waals surface area contributed by atoms with Crippen molar-refractivity contribution in [1.82, 2.24) is 29.8 Å². The summed E-state index contributed by atoms with van der Waals surface area (Å²) in [7, 11) is 0. The summed E-state index contributed by atoms with van der Waals surface area (Å²) in [5.74, 6) is 0.0420. The molecule has 15 heteroatoms. The average Bonchev–Trinajstić information content (AvgIpc) is 3.62. The molecule has 3 aromatic rings. The topological polar surface area (TPSA) is 177 Å². The predicted molar refractivity (Wildman–Crippen MR) is 180 cm³/mol. The fourth-order valence-electron chi connectivity index (χ4n) is 6.80. The number of aliphatic hydroxyl groups is 1. The van der Waals surface area contributed by atoms with E-state index < -0.39 is 29.1 Å². The van der Waals surface area contributed by atoms with Gasteiger partial charge in [0.25, 0.3) is 5.56 Å². The van der Waals surface area contributed by atoms with E-state index in [0.29, 0.717) is 42.2 Å². The minimum Gasteiger partial charge on any atom is -0.492 e. The molecule has 2 aromatic heterocycles. The van der Waals surface area contributed by atoms with Crippen LogP contribution in [0.25, 0.3) is 11.0 Å². The second-order valence-corrected chi connectivity index (χ2v) is 14.2. The molecule has 5 heterocycles. The van der Waals surface area contributed by atoms with Crippen molar-refractivity contribution in [2.75, 3.05) is 45.1 Å². The number of hydrogen-bond acceptors (Lipinski definition) is 12. The number of imide groups is 1. The molecular weight excluding hydrogens is 652 g/mol. The van der Waals surface area contributed by atoms with E-state index in [-0.39, 0.29) is 49.1 Å². The summed E-state index contributed by atoms with van der Waals surface area (Å²) in [6, 6.07) is 5.55. The van der Waals surface area contributed by atoms with Gasteiger partial charge in [-0.3, -0.25) is 33.4 Å². The highest BCUT2D eigenvalue weighted by Crippen LogP contribution is 2.34. The molecule has 2 unspecified atom stereocenters. The van der Waals surface area contributed by atoms with Gasteiger partial charge in [-0.15, -0.1) is 11.8 Å². The van der Waals surface area contributed by atoms with Crippen LogP contribution >= 0.6 is 11.8 Å². The van der Waals surface area contributed by atoms with Crippen LogP contribution in [-0.4, -0.2) is 103 Å². The van der Waals surface area contributed by atoms with Gasteiger partial charge in [0.05, 0.1) is 23.2 Å². The summed E-state index contributed by atoms with van der Waals surface area (Å²) < 4.78 is 13.1. The highest BCUT2D eigenvalue weighted by Gasteiger charge is 2.39. The zero-order chi connectivity index (χ0) is 34.7. The summed E-state index contributed by atoms with van der Waals surface area (Å²) in [4.78, 5) is 69.3. The highest BCUT2D eigenvalue weighted by atomic mass is 32.2. The number of aromatic nitrogens is 3. The average molecular weight is 695 g/mol. The quantitative estimate of drug-likeness (QED) is 0.197. The Balaban J connectivity index is 0.943. The lowest BCUT2D eigenvalue weighted by Gasteiger charge is -2.31. The van der Waals surface area contributed by atoms with E-state index >= 15 is 0 Å². The normalized spacial score (nSPS) is 20.2. The summed E-state index contributed by atoms with van der Waals surface area (Å²) >= 11 is 1.12. The number of likely N-dealkylation sites (tertiary alicyclic amines) is 2. The lowest BCUT2D eigenvalue weighted by Crippen LogP contribution is -2.42. The molecule has 2 atom stereocenters. The molecular formula is C34H42N6O8S. The minimum atomic E-state index is -0.672. The predicted octanol–water partition coefficient (Wildman–Crippen LogP) is 1.89. The molecule has 0 spiro atoms. The second-order valence-electron chi connectivity index (χ2n) is 13.0. The fourth-order valence-corrected chi connectivity index (χ4v) is 7.77. The molecule has 262 valence electrons. The Kier molecular flexibility index (Phi) is 10.8. The Morgan fingerprint density at radius 2 is 1.94 bits per heavy atom. The standard InChI is InChI=1S/C34H42N6O8S/c1-20(41)19-49-28-17-30(44)40(34(28)46)18-29(43)35-10-15-47-23-5-6-25-27(16-23)48-37-31(25)22-7-12-38(13-8-22)14-9-24-21(2)36-32-26(42)4-3-11-39(32)33(24)45/h5-6,16,22,26,28,42H,3-4,7-15,17-19H2,1-2H3,(H,35,43). The van der Waals surface area contributed by atoms with Crippen LogP contribution in [0.5, 0.6) is 5.75 Å². The molecule has 0 radical (unpaired) electrons. The number of amides is 3.